The Balaban J connectivity index is 3.04. The van der Waals surface area contributed by atoms with Crippen LogP contribution in [-0.2, 0) is 4.79 Å². The average Bonchev–Trinajstić information content (AvgIpc) is 2.50. The van der Waals surface area contributed by atoms with E-state index in [4.69, 9.17) is 19.3 Å². The van der Waals surface area contributed by atoms with Gasteiger partial charge in [-0.3, -0.25) is 9.59 Å². The number of nitrogens with one attached hydrogen (secondary N) is 1. The number of methoxy groups -OCH3 is 3. The summed E-state index contributed by atoms with van der Waals surface area (Å²) in [6.45, 7) is 3.04. The van der Waals surface area contributed by atoms with Crippen LogP contribution in [0.1, 0.15) is 24.2 Å². The van der Waals surface area contributed by atoms with Crippen molar-refractivity contribution in [3.63, 3.8) is 0 Å². The number of ether oxygens (including phenoxy) is 3. The number of carboxylic acid groups (broad SMARTS) is 1. The van der Waals surface area contributed by atoms with Gasteiger partial charge in [0.15, 0.2) is 11.5 Å². The molecule has 0 radical (unpaired) electrons. The minimum Gasteiger partial charge on any atom is -0.496 e. The van der Waals surface area contributed by atoms with Crippen LogP contribution in [0.2, 0.25) is 0 Å². The third-order valence-corrected chi connectivity index (χ3v) is 3.22. The fourth-order valence-corrected chi connectivity index (χ4v) is 1.68. The van der Waals surface area contributed by atoms with Crippen molar-refractivity contribution in [2.75, 3.05) is 27.9 Å². The van der Waals surface area contributed by atoms with E-state index in [0.29, 0.717) is 17.2 Å². The minimum atomic E-state index is -1.07. The van der Waals surface area contributed by atoms with Crippen LogP contribution in [0.3, 0.4) is 0 Å². The number of carboxylic acids is 1. The second-order valence-corrected chi connectivity index (χ2v) is 5.28. The maximum absolute atomic E-state index is 12.3. The maximum Gasteiger partial charge on any atom is 0.310 e. The molecule has 122 valence electrons. The summed E-state index contributed by atoms with van der Waals surface area (Å²) in [6.07, 6.45) is 0. The van der Waals surface area contributed by atoms with E-state index in [2.05, 4.69) is 5.32 Å². The summed E-state index contributed by atoms with van der Waals surface area (Å²) in [5.41, 5.74) is -0.833. The van der Waals surface area contributed by atoms with Gasteiger partial charge in [0.05, 0.1) is 32.3 Å². The van der Waals surface area contributed by atoms with E-state index < -0.39 is 17.3 Å². The summed E-state index contributed by atoms with van der Waals surface area (Å²) in [7, 11) is 4.37. The molecule has 1 rings (SSSR count). The topological polar surface area (TPSA) is 94.1 Å². The van der Waals surface area contributed by atoms with Crippen LogP contribution < -0.4 is 19.5 Å². The molecule has 7 heteroatoms. The Bertz CT molecular complexity index is 567. The molecule has 0 heterocycles. The second-order valence-electron chi connectivity index (χ2n) is 5.28. The van der Waals surface area contributed by atoms with Gasteiger partial charge in [0, 0.05) is 18.7 Å². The van der Waals surface area contributed by atoms with Crippen molar-refractivity contribution in [1.29, 1.82) is 0 Å². The monoisotopic (exact) mass is 311 g/mol. The molecule has 1 aromatic carbocycles. The molecule has 0 saturated carbocycles. The zero-order valence-corrected chi connectivity index (χ0v) is 13.4. The largest absolute Gasteiger partial charge is 0.496 e. The summed E-state index contributed by atoms with van der Waals surface area (Å²) in [5.74, 6) is -0.324. The van der Waals surface area contributed by atoms with Gasteiger partial charge in [-0.1, -0.05) is 0 Å². The molecule has 0 aliphatic rings. The SMILES string of the molecule is COc1cc(OC)c(C(=O)NCC(C)(C)C(=O)O)cc1OC. The van der Waals surface area contributed by atoms with E-state index in [9.17, 15) is 9.59 Å². The van der Waals surface area contributed by atoms with E-state index in [1.54, 1.807) is 0 Å². The standard InChI is InChI=1S/C15H21NO6/c1-15(2,14(18)19)8-16-13(17)9-6-11(21-4)12(22-5)7-10(9)20-3/h6-7H,8H2,1-5H3,(H,16,17)(H,18,19). The van der Waals surface area contributed by atoms with Gasteiger partial charge in [-0.05, 0) is 13.8 Å². The molecule has 7 nitrogen and oxygen atoms in total. The van der Waals surface area contributed by atoms with Crippen LogP contribution in [-0.4, -0.2) is 44.9 Å². The molecule has 0 aliphatic carbocycles. The molecule has 0 aliphatic heterocycles. The number of carbonyl (C=O) groups excluding carboxylic acids is 1. The first-order valence-electron chi connectivity index (χ1n) is 6.58. The molecular formula is C15H21NO6. The molecule has 1 aromatic rings. The molecule has 22 heavy (non-hydrogen) atoms. The van der Waals surface area contributed by atoms with E-state index in [-0.39, 0.29) is 12.1 Å². The highest BCUT2D eigenvalue weighted by Crippen LogP contribution is 2.34. The lowest BCUT2D eigenvalue weighted by Gasteiger charge is -2.20. The minimum absolute atomic E-state index is 0.0152. The summed E-state index contributed by atoms with van der Waals surface area (Å²) in [6, 6.07) is 3.02. The van der Waals surface area contributed by atoms with E-state index >= 15 is 0 Å². The quantitative estimate of drug-likeness (QED) is 0.793. The Morgan fingerprint density at radius 2 is 1.55 bits per heavy atom. The van der Waals surface area contributed by atoms with Gasteiger partial charge < -0.3 is 24.6 Å². The third kappa shape index (κ3) is 3.81. The lowest BCUT2D eigenvalue weighted by Crippen LogP contribution is -2.39. The number of hydrogen-bond acceptors (Lipinski definition) is 5. The number of benzene rings is 1. The molecule has 0 unspecified atom stereocenters. The van der Waals surface area contributed by atoms with Gasteiger partial charge in [0.1, 0.15) is 5.75 Å². The fraction of sp³-hybridized carbons (Fsp3) is 0.467. The van der Waals surface area contributed by atoms with E-state index in [1.807, 2.05) is 0 Å². The van der Waals surface area contributed by atoms with Crippen LogP contribution in [0, 0.1) is 5.41 Å². The van der Waals surface area contributed by atoms with Crippen molar-refractivity contribution in [1.82, 2.24) is 5.32 Å². The Morgan fingerprint density at radius 3 is 2.00 bits per heavy atom. The van der Waals surface area contributed by atoms with Crippen molar-refractivity contribution < 1.29 is 28.9 Å². The molecule has 0 saturated heterocycles. The normalized spacial score (nSPS) is 10.8. The highest BCUT2D eigenvalue weighted by Gasteiger charge is 2.28. The molecule has 0 fully saturated rings. The van der Waals surface area contributed by atoms with E-state index in [0.717, 1.165) is 0 Å². The fourth-order valence-electron chi connectivity index (χ4n) is 1.68. The molecule has 0 bridgehead atoms. The first kappa shape index (κ1) is 17.6. The summed E-state index contributed by atoms with van der Waals surface area (Å²) < 4.78 is 15.5. The molecular weight excluding hydrogens is 290 g/mol. The van der Waals surface area contributed by atoms with Gasteiger partial charge in [-0.2, -0.15) is 0 Å². The van der Waals surface area contributed by atoms with Gasteiger partial charge >= 0.3 is 5.97 Å². The van der Waals surface area contributed by atoms with Crippen LogP contribution in [0.5, 0.6) is 17.2 Å². The Labute approximate surface area is 129 Å². The smallest absolute Gasteiger partial charge is 0.310 e. The molecule has 0 spiro atoms. The van der Waals surface area contributed by atoms with Gasteiger partial charge in [0.2, 0.25) is 0 Å². The van der Waals surface area contributed by atoms with Gasteiger partial charge in [0.25, 0.3) is 5.91 Å². The highest BCUT2D eigenvalue weighted by atomic mass is 16.5. The van der Waals surface area contributed by atoms with Crippen LogP contribution in [0.15, 0.2) is 12.1 Å². The number of amides is 1. The number of carbonyl (C=O) groups is 2. The van der Waals surface area contributed by atoms with Crippen molar-refractivity contribution in [2.24, 2.45) is 5.41 Å². The maximum atomic E-state index is 12.3. The van der Waals surface area contributed by atoms with Crippen LogP contribution in [0.4, 0.5) is 0 Å². The Kier molecular flexibility index (Phi) is 5.62. The van der Waals surface area contributed by atoms with Crippen LogP contribution >= 0.6 is 0 Å². The van der Waals surface area contributed by atoms with Crippen molar-refractivity contribution in [3.05, 3.63) is 17.7 Å². The van der Waals surface area contributed by atoms with Crippen LogP contribution in [0.25, 0.3) is 0 Å². The number of hydrogen-bond donors (Lipinski definition) is 2. The van der Waals surface area contributed by atoms with Crippen molar-refractivity contribution in [3.8, 4) is 17.2 Å². The first-order chi connectivity index (χ1) is 10.3. The number of rotatable bonds is 7. The first-order valence-corrected chi connectivity index (χ1v) is 6.58. The predicted molar refractivity (Wildman–Crippen MR) is 79.8 cm³/mol. The summed E-state index contributed by atoms with van der Waals surface area (Å²) in [5, 5.41) is 11.7. The Hall–Kier alpha value is -2.44. The molecule has 0 atom stereocenters. The van der Waals surface area contributed by atoms with Crippen molar-refractivity contribution in [2.45, 2.75) is 13.8 Å². The lowest BCUT2D eigenvalue weighted by molar-refractivity contribution is -0.146. The number of aliphatic carboxylic acids is 1. The zero-order valence-electron chi connectivity index (χ0n) is 13.4. The zero-order chi connectivity index (χ0) is 16.9. The average molecular weight is 311 g/mol. The predicted octanol–water partition coefficient (Wildman–Crippen LogP) is 1.55. The molecule has 2 N–H and O–H groups in total. The Morgan fingerprint density at radius 1 is 1.05 bits per heavy atom. The molecule has 1 amide bonds. The lowest BCUT2D eigenvalue weighted by atomic mass is 9.94. The summed E-state index contributed by atoms with van der Waals surface area (Å²) in [4.78, 5) is 23.3. The van der Waals surface area contributed by atoms with Crippen molar-refractivity contribution >= 4 is 11.9 Å². The van der Waals surface area contributed by atoms with E-state index in [1.165, 1.54) is 47.3 Å². The van der Waals surface area contributed by atoms with Gasteiger partial charge in [-0.25, -0.2) is 0 Å². The highest BCUT2D eigenvalue weighted by molar-refractivity contribution is 5.98. The van der Waals surface area contributed by atoms with Gasteiger partial charge in [-0.15, -0.1) is 0 Å². The second kappa shape index (κ2) is 7.02. The molecule has 0 aromatic heterocycles. The third-order valence-electron chi connectivity index (χ3n) is 3.22. The summed E-state index contributed by atoms with van der Waals surface area (Å²) >= 11 is 0.